The largest absolute Gasteiger partial charge is 0.343 e. The van der Waals surface area contributed by atoms with E-state index in [9.17, 15) is 47.9 Å². The number of hydrogen-bond acceptors (Lipinski definition) is 12. The highest BCUT2D eigenvalue weighted by molar-refractivity contribution is 6.00. The van der Waals surface area contributed by atoms with Crippen LogP contribution in [0.5, 0.6) is 0 Å². The number of hydrogen-bond donors (Lipinski definition) is 10. The highest BCUT2D eigenvalue weighted by atomic mass is 35.5. The lowest BCUT2D eigenvalue weighted by Crippen LogP contribution is -2.62. The van der Waals surface area contributed by atoms with Gasteiger partial charge in [0.05, 0.1) is 0 Å². The molecule has 0 saturated carbocycles. The quantitative estimate of drug-likeness (QED) is 0.115. The summed E-state index contributed by atoms with van der Waals surface area (Å²) in [5.41, 5.74) is 13.3. The molecule has 0 unspecified atom stereocenters. The van der Waals surface area contributed by atoms with Crippen LogP contribution in [-0.4, -0.2) is 155 Å². The van der Waals surface area contributed by atoms with Crippen molar-refractivity contribution >= 4 is 71.5 Å². The molecule has 3 fully saturated rings. The predicted molar refractivity (Wildman–Crippen MR) is 318 cm³/mol. The Morgan fingerprint density at radius 2 is 0.735 bits per heavy atom. The van der Waals surface area contributed by atoms with Crippen LogP contribution in [0.3, 0.4) is 0 Å². The van der Waals surface area contributed by atoms with Gasteiger partial charge in [-0.25, -0.2) is 0 Å². The third kappa shape index (κ3) is 20.3. The standard InChI is InChI=1S/C60H92N12O10.ClH/c1-35(2)31-43-53(75)67-45(33-39-19-11-9-12-20-39)59(81)71-29-17-25-47(71)55(77)70-50(38(7)8)58(80)64-42(24-16-28-62)52(74)66-44(32-36(3)4)54(76)68-46(34-40-21-13-10-14-22-40)60(82)72-30-18-26-48(72)56(78)69-49(37(5)6)57(79)63-41(23-15-27-61)51(73)65-43;/h9-14,19-22,35-38,41-50H,15-18,23-34,61-62H2,1-8H3,(H,63,79)(H,64,80)(H,65,73)(H,66,74)(H,67,75)(H,68,76)(H,69,78)(H,70,77);1H/t41-,42-,43-,44-,45+,46+,47-,48-,49-,50-;/m0./s1. The minimum Gasteiger partial charge on any atom is -0.343 e. The molecular formula is C60H93ClN12O10. The third-order valence-corrected chi connectivity index (χ3v) is 15.3. The fourth-order valence-electron chi connectivity index (χ4n) is 10.9. The molecule has 2 aromatic carbocycles. The summed E-state index contributed by atoms with van der Waals surface area (Å²) < 4.78 is 0. The molecule has 2 aromatic rings. The van der Waals surface area contributed by atoms with Gasteiger partial charge in [0.2, 0.25) is 59.1 Å². The summed E-state index contributed by atoms with van der Waals surface area (Å²) in [4.78, 5) is 149. The Hall–Kier alpha value is -6.65. The van der Waals surface area contributed by atoms with E-state index in [1.165, 1.54) is 9.80 Å². The number of nitrogens with two attached hydrogens (primary N) is 2. The Morgan fingerprint density at radius 1 is 0.422 bits per heavy atom. The van der Waals surface area contributed by atoms with Crippen LogP contribution in [0.15, 0.2) is 60.7 Å². The molecule has 83 heavy (non-hydrogen) atoms. The molecule has 0 aromatic heterocycles. The lowest BCUT2D eigenvalue weighted by atomic mass is 9.99. The van der Waals surface area contributed by atoms with Gasteiger partial charge in [-0.15, -0.1) is 12.4 Å². The van der Waals surface area contributed by atoms with E-state index in [0.29, 0.717) is 36.8 Å². The first-order chi connectivity index (χ1) is 39.0. The Kier molecular flexibility index (Phi) is 27.9. The summed E-state index contributed by atoms with van der Waals surface area (Å²) in [5, 5.41) is 22.8. The number of rotatable bonds is 16. The van der Waals surface area contributed by atoms with Crippen LogP contribution in [0.4, 0.5) is 0 Å². The molecule has 23 heteroatoms. The maximum Gasteiger partial charge on any atom is 0.246 e. The Morgan fingerprint density at radius 3 is 1.05 bits per heavy atom. The topological polar surface area (TPSA) is 325 Å². The van der Waals surface area contributed by atoms with Gasteiger partial charge < -0.3 is 63.8 Å². The average Bonchev–Trinajstić information content (AvgIpc) is 4.17. The van der Waals surface area contributed by atoms with Crippen molar-refractivity contribution in [2.75, 3.05) is 26.2 Å². The van der Waals surface area contributed by atoms with E-state index in [1.54, 1.807) is 76.2 Å². The number of carbonyl (C=O) groups is 10. The second kappa shape index (κ2) is 33.6. The zero-order chi connectivity index (χ0) is 60.2. The van der Waals surface area contributed by atoms with Gasteiger partial charge in [-0.1, -0.05) is 116 Å². The average molecular weight is 1180 g/mol. The van der Waals surface area contributed by atoms with Gasteiger partial charge in [-0.2, -0.15) is 0 Å². The molecule has 0 aliphatic carbocycles. The normalized spacial score (nSPS) is 26.2. The van der Waals surface area contributed by atoms with E-state index < -0.39 is 131 Å². The van der Waals surface area contributed by atoms with Gasteiger partial charge in [0, 0.05) is 25.9 Å². The molecule has 0 bridgehead atoms. The van der Waals surface area contributed by atoms with Gasteiger partial charge in [0.1, 0.15) is 60.4 Å². The zero-order valence-corrected chi connectivity index (χ0v) is 50.5. The van der Waals surface area contributed by atoms with E-state index in [0.717, 1.165) is 0 Å². The van der Waals surface area contributed by atoms with Crippen LogP contribution < -0.4 is 54.0 Å². The molecule has 460 valence electrons. The SMILES string of the molecule is CC(C)C[C@@H]1NC(=O)[C@H](CCCN)NC(=O)[C@H](C(C)C)NC(=O)[C@@H]2CCCN2C(=O)[C@@H](Cc2ccccc2)NC(=O)[C@H](CC(C)C)NC(=O)[C@H](CCCN)NC(=O)[C@H](C(C)C)NC(=O)[C@@H]2CCCN2C(=O)[C@@H](Cc2ccccc2)NC1=O.Cl. The van der Waals surface area contributed by atoms with Crippen LogP contribution in [-0.2, 0) is 60.8 Å². The molecule has 3 saturated heterocycles. The van der Waals surface area contributed by atoms with Crippen molar-refractivity contribution in [1.82, 2.24) is 52.3 Å². The highest BCUT2D eigenvalue weighted by Crippen LogP contribution is 2.24. The molecule has 12 N–H and O–H groups in total. The van der Waals surface area contributed by atoms with Crippen molar-refractivity contribution in [2.45, 2.75) is 193 Å². The van der Waals surface area contributed by atoms with Crippen LogP contribution >= 0.6 is 12.4 Å². The van der Waals surface area contributed by atoms with Gasteiger partial charge >= 0.3 is 0 Å². The number of benzene rings is 2. The lowest BCUT2D eigenvalue weighted by molar-refractivity contribution is -0.143. The Bertz CT molecular complexity index is 2330. The van der Waals surface area contributed by atoms with Gasteiger partial charge in [-0.3, -0.25) is 47.9 Å². The Balaban J connectivity index is 0.0000148. The van der Waals surface area contributed by atoms with Crippen molar-refractivity contribution in [3.05, 3.63) is 71.8 Å². The lowest BCUT2D eigenvalue weighted by Gasteiger charge is -2.33. The maximum atomic E-state index is 14.9. The summed E-state index contributed by atoms with van der Waals surface area (Å²) >= 11 is 0. The molecular weight excluding hydrogens is 1080 g/mol. The van der Waals surface area contributed by atoms with Crippen molar-refractivity contribution < 1.29 is 47.9 Å². The summed E-state index contributed by atoms with van der Waals surface area (Å²) in [6.45, 7) is 15.0. The Labute approximate surface area is 495 Å². The van der Waals surface area contributed by atoms with Crippen molar-refractivity contribution in [1.29, 1.82) is 0 Å². The number of amides is 10. The second-order valence-electron chi connectivity index (χ2n) is 23.7. The number of halogens is 1. The van der Waals surface area contributed by atoms with Crippen molar-refractivity contribution in [2.24, 2.45) is 35.1 Å². The van der Waals surface area contributed by atoms with E-state index in [4.69, 9.17) is 11.5 Å². The molecule has 3 aliphatic rings. The van der Waals surface area contributed by atoms with Gasteiger partial charge in [0.15, 0.2) is 0 Å². The number of nitrogens with zero attached hydrogens (tertiary/aromatic N) is 2. The number of fused-ring (bicyclic) bond motifs is 2. The number of nitrogens with one attached hydrogen (secondary N) is 8. The monoisotopic (exact) mass is 1180 g/mol. The summed E-state index contributed by atoms with van der Waals surface area (Å²) in [5.74, 6) is -7.75. The van der Waals surface area contributed by atoms with Gasteiger partial charge in [-0.05, 0) is 112 Å². The molecule has 5 rings (SSSR count). The smallest absolute Gasteiger partial charge is 0.246 e. The molecule has 3 heterocycles. The first kappa shape index (κ1) is 68.8. The van der Waals surface area contributed by atoms with Crippen LogP contribution in [0.2, 0.25) is 0 Å². The summed E-state index contributed by atoms with van der Waals surface area (Å²) in [6, 6.07) is 6.30. The first-order valence-corrected chi connectivity index (χ1v) is 29.5. The summed E-state index contributed by atoms with van der Waals surface area (Å²) in [6.07, 6.45) is 2.45. The van der Waals surface area contributed by atoms with Crippen LogP contribution in [0, 0.1) is 23.7 Å². The molecule has 0 spiro atoms. The molecule has 10 atom stereocenters. The van der Waals surface area contributed by atoms with Crippen molar-refractivity contribution in [3.8, 4) is 0 Å². The highest BCUT2D eigenvalue weighted by Gasteiger charge is 2.43. The van der Waals surface area contributed by atoms with E-state index in [-0.39, 0.29) is 102 Å². The molecule has 0 radical (unpaired) electrons. The zero-order valence-electron chi connectivity index (χ0n) is 49.7. The van der Waals surface area contributed by atoms with Crippen LogP contribution in [0.25, 0.3) is 0 Å². The minimum absolute atomic E-state index is 0. The summed E-state index contributed by atoms with van der Waals surface area (Å²) in [7, 11) is 0. The van der Waals surface area contributed by atoms with Crippen molar-refractivity contribution in [3.63, 3.8) is 0 Å². The van der Waals surface area contributed by atoms with Crippen LogP contribution in [0.1, 0.15) is 131 Å². The van der Waals surface area contributed by atoms with Gasteiger partial charge in [0.25, 0.3) is 0 Å². The minimum atomic E-state index is -1.22. The first-order valence-electron chi connectivity index (χ1n) is 29.5. The fraction of sp³-hybridized carbons (Fsp3) is 0.633. The second-order valence-corrected chi connectivity index (χ2v) is 23.7. The molecule has 22 nitrogen and oxygen atoms in total. The van der Waals surface area contributed by atoms with E-state index in [1.807, 2.05) is 39.8 Å². The van der Waals surface area contributed by atoms with E-state index in [2.05, 4.69) is 42.5 Å². The fourth-order valence-corrected chi connectivity index (χ4v) is 10.9. The predicted octanol–water partition coefficient (Wildman–Crippen LogP) is 1.65. The third-order valence-electron chi connectivity index (χ3n) is 15.3. The molecule has 3 aliphatic heterocycles. The maximum absolute atomic E-state index is 14.9. The van der Waals surface area contributed by atoms with E-state index >= 15 is 0 Å². The number of carbonyl (C=O) groups excluding carboxylic acids is 10. The molecule has 10 amide bonds.